The Morgan fingerprint density at radius 1 is 1.56 bits per heavy atom. The van der Waals surface area contributed by atoms with Gasteiger partial charge >= 0.3 is 0 Å². The van der Waals surface area contributed by atoms with E-state index >= 15 is 0 Å². The lowest BCUT2D eigenvalue weighted by Crippen LogP contribution is -2.43. The molecule has 1 aliphatic rings. The van der Waals surface area contributed by atoms with Crippen molar-refractivity contribution in [1.82, 2.24) is 9.80 Å². The van der Waals surface area contributed by atoms with Crippen molar-refractivity contribution in [2.75, 3.05) is 20.1 Å². The van der Waals surface area contributed by atoms with Crippen LogP contribution in [0, 0.1) is 11.3 Å². The van der Waals surface area contributed by atoms with Gasteiger partial charge in [0.05, 0.1) is 25.3 Å². The van der Waals surface area contributed by atoms with Crippen molar-refractivity contribution in [3.8, 4) is 6.07 Å². The summed E-state index contributed by atoms with van der Waals surface area (Å²) >= 11 is 0. The van der Waals surface area contributed by atoms with Crippen molar-refractivity contribution in [2.24, 2.45) is 0 Å². The molecule has 2 unspecified atom stereocenters. The first-order valence-electron chi connectivity index (χ1n) is 6.54. The average Bonchev–Trinajstić information content (AvgIpc) is 2.81. The van der Waals surface area contributed by atoms with Crippen LogP contribution >= 0.6 is 0 Å². The number of rotatable bonds is 3. The predicted octanol–water partition coefficient (Wildman–Crippen LogP) is 2.09. The fraction of sp³-hybridized carbons (Fsp3) is 0.643. The molecule has 0 radical (unpaired) electrons. The summed E-state index contributed by atoms with van der Waals surface area (Å²) in [6.45, 7) is 5.09. The molecule has 0 bridgehead atoms. The molecule has 1 aliphatic heterocycles. The Morgan fingerprint density at radius 3 is 3.06 bits per heavy atom. The maximum atomic E-state index is 9.01. The lowest BCUT2D eigenvalue weighted by atomic mass is 10.1. The van der Waals surface area contributed by atoms with Crippen LogP contribution in [0.3, 0.4) is 0 Å². The van der Waals surface area contributed by atoms with Crippen LogP contribution in [0.1, 0.15) is 25.5 Å². The molecular formula is C14H21N3O. The highest BCUT2D eigenvalue weighted by molar-refractivity contribution is 5.00. The molecule has 2 atom stereocenters. The maximum Gasteiger partial charge on any atom is 0.117 e. The van der Waals surface area contributed by atoms with Crippen LogP contribution in [-0.2, 0) is 6.54 Å². The van der Waals surface area contributed by atoms with Crippen molar-refractivity contribution >= 4 is 0 Å². The molecule has 18 heavy (non-hydrogen) atoms. The van der Waals surface area contributed by atoms with Gasteiger partial charge in [0.1, 0.15) is 5.76 Å². The molecule has 0 spiro atoms. The third-order valence-electron chi connectivity index (χ3n) is 3.73. The molecule has 2 heterocycles. The number of hydrogen-bond donors (Lipinski definition) is 0. The smallest absolute Gasteiger partial charge is 0.117 e. The lowest BCUT2D eigenvalue weighted by Gasteiger charge is -2.32. The third kappa shape index (κ3) is 3.12. The summed E-state index contributed by atoms with van der Waals surface area (Å²) in [7, 11) is 2.13. The third-order valence-corrected chi connectivity index (χ3v) is 3.73. The molecule has 0 amide bonds. The fourth-order valence-electron chi connectivity index (χ4n) is 2.64. The average molecular weight is 247 g/mol. The largest absolute Gasteiger partial charge is 0.468 e. The van der Waals surface area contributed by atoms with E-state index in [0.717, 1.165) is 31.8 Å². The highest BCUT2D eigenvalue weighted by atomic mass is 16.3. The van der Waals surface area contributed by atoms with Crippen LogP contribution in [0.15, 0.2) is 22.8 Å². The van der Waals surface area contributed by atoms with Crippen molar-refractivity contribution in [1.29, 1.82) is 5.26 Å². The Bertz CT molecular complexity index is 396. The highest BCUT2D eigenvalue weighted by Gasteiger charge is 2.28. The molecule has 2 rings (SSSR count). The number of likely N-dealkylation sites (N-methyl/N-ethyl adjacent to an activating group) is 1. The van der Waals surface area contributed by atoms with Gasteiger partial charge in [-0.15, -0.1) is 0 Å². The molecule has 0 N–H and O–H groups in total. The summed E-state index contributed by atoms with van der Waals surface area (Å²) in [6, 6.07) is 7.02. The molecule has 0 aromatic carbocycles. The van der Waals surface area contributed by atoms with Crippen LogP contribution < -0.4 is 0 Å². The van der Waals surface area contributed by atoms with Crippen molar-refractivity contribution in [3.63, 3.8) is 0 Å². The summed E-state index contributed by atoms with van der Waals surface area (Å²) in [4.78, 5) is 4.73. The summed E-state index contributed by atoms with van der Waals surface area (Å²) in [5.74, 6) is 0.981. The van der Waals surface area contributed by atoms with E-state index in [1.54, 1.807) is 6.26 Å². The number of furan rings is 1. The van der Waals surface area contributed by atoms with Gasteiger partial charge in [-0.3, -0.25) is 4.90 Å². The van der Waals surface area contributed by atoms with Crippen LogP contribution in [0.2, 0.25) is 0 Å². The Balaban J connectivity index is 2.12. The topological polar surface area (TPSA) is 43.4 Å². The monoisotopic (exact) mass is 247 g/mol. The van der Waals surface area contributed by atoms with E-state index in [-0.39, 0.29) is 0 Å². The first-order chi connectivity index (χ1) is 8.70. The fourth-order valence-corrected chi connectivity index (χ4v) is 2.64. The Hall–Kier alpha value is -1.31. The first kappa shape index (κ1) is 13.1. The van der Waals surface area contributed by atoms with E-state index in [1.165, 1.54) is 0 Å². The van der Waals surface area contributed by atoms with E-state index < -0.39 is 0 Å². The molecular weight excluding hydrogens is 226 g/mol. The molecule has 1 aromatic rings. The second kappa shape index (κ2) is 6.03. The molecule has 0 aliphatic carbocycles. The van der Waals surface area contributed by atoms with E-state index in [0.29, 0.717) is 18.5 Å². The quantitative estimate of drug-likeness (QED) is 0.820. The zero-order valence-corrected chi connectivity index (χ0v) is 11.2. The summed E-state index contributed by atoms with van der Waals surface area (Å²) in [5, 5.41) is 9.01. The van der Waals surface area contributed by atoms with Crippen LogP contribution in [-0.4, -0.2) is 42.0 Å². The summed E-state index contributed by atoms with van der Waals surface area (Å²) in [5.41, 5.74) is 0. The minimum Gasteiger partial charge on any atom is -0.468 e. The SMILES string of the molecule is CC1CCN(C)CC(CC#N)N1Cc1ccco1. The Labute approximate surface area is 109 Å². The van der Waals surface area contributed by atoms with E-state index in [4.69, 9.17) is 9.68 Å². The molecule has 1 aromatic heterocycles. The summed E-state index contributed by atoms with van der Waals surface area (Å²) < 4.78 is 5.44. The highest BCUT2D eigenvalue weighted by Crippen LogP contribution is 2.20. The maximum absolute atomic E-state index is 9.01. The second-order valence-corrected chi connectivity index (χ2v) is 5.17. The summed E-state index contributed by atoms with van der Waals surface area (Å²) in [6.07, 6.45) is 3.43. The van der Waals surface area contributed by atoms with Gasteiger partial charge in [0.15, 0.2) is 0 Å². The zero-order valence-electron chi connectivity index (χ0n) is 11.2. The lowest BCUT2D eigenvalue weighted by molar-refractivity contribution is 0.127. The van der Waals surface area contributed by atoms with Gasteiger partial charge in [-0.2, -0.15) is 5.26 Å². The standard InChI is InChI=1S/C14H21N3O/c1-12-6-8-16(2)10-13(5-7-15)17(12)11-14-4-3-9-18-14/h3-4,9,12-13H,5-6,8,10-11H2,1-2H3. The molecule has 98 valence electrons. The first-order valence-corrected chi connectivity index (χ1v) is 6.54. The van der Waals surface area contributed by atoms with E-state index in [1.807, 2.05) is 12.1 Å². The molecule has 4 heteroatoms. The normalized spacial score (nSPS) is 26.7. The van der Waals surface area contributed by atoms with E-state index in [9.17, 15) is 0 Å². The van der Waals surface area contributed by atoms with Crippen molar-refractivity contribution < 1.29 is 4.42 Å². The Kier molecular flexibility index (Phi) is 4.40. The predicted molar refractivity (Wildman–Crippen MR) is 69.8 cm³/mol. The zero-order chi connectivity index (χ0) is 13.0. The van der Waals surface area contributed by atoms with Gasteiger partial charge in [0.25, 0.3) is 0 Å². The van der Waals surface area contributed by atoms with Gasteiger partial charge < -0.3 is 9.32 Å². The number of hydrogen-bond acceptors (Lipinski definition) is 4. The Morgan fingerprint density at radius 2 is 2.39 bits per heavy atom. The van der Waals surface area contributed by atoms with Gasteiger partial charge in [0, 0.05) is 18.6 Å². The number of nitriles is 1. The van der Waals surface area contributed by atoms with Crippen LogP contribution in [0.25, 0.3) is 0 Å². The van der Waals surface area contributed by atoms with Gasteiger partial charge in [-0.1, -0.05) is 0 Å². The number of nitrogens with zero attached hydrogens (tertiary/aromatic N) is 3. The second-order valence-electron chi connectivity index (χ2n) is 5.17. The van der Waals surface area contributed by atoms with Crippen LogP contribution in [0.4, 0.5) is 0 Å². The van der Waals surface area contributed by atoms with Crippen molar-refractivity contribution in [3.05, 3.63) is 24.2 Å². The van der Waals surface area contributed by atoms with Gasteiger partial charge in [0.2, 0.25) is 0 Å². The molecule has 1 fully saturated rings. The van der Waals surface area contributed by atoms with Gasteiger partial charge in [-0.05, 0) is 39.1 Å². The minimum atomic E-state index is 0.294. The van der Waals surface area contributed by atoms with E-state index in [2.05, 4.69) is 29.8 Å². The molecule has 1 saturated heterocycles. The molecule has 0 saturated carbocycles. The minimum absolute atomic E-state index is 0.294. The van der Waals surface area contributed by atoms with Gasteiger partial charge in [-0.25, -0.2) is 0 Å². The molecule has 4 nitrogen and oxygen atoms in total. The van der Waals surface area contributed by atoms with Crippen LogP contribution in [0.5, 0.6) is 0 Å². The van der Waals surface area contributed by atoms with Crippen molar-refractivity contribution in [2.45, 2.75) is 38.4 Å².